The lowest BCUT2D eigenvalue weighted by Gasteiger charge is -2.36. The highest BCUT2D eigenvalue weighted by Gasteiger charge is 2.20. The molecule has 0 atom stereocenters. The molecule has 0 amide bonds. The van der Waals surface area contributed by atoms with Crippen LogP contribution in [0.3, 0.4) is 0 Å². The van der Waals surface area contributed by atoms with E-state index in [1.807, 2.05) is 0 Å². The molecule has 0 N–H and O–H groups in total. The van der Waals surface area contributed by atoms with Crippen LogP contribution in [0, 0.1) is 12.7 Å². The third-order valence-corrected chi connectivity index (χ3v) is 4.76. The van der Waals surface area contributed by atoms with Gasteiger partial charge in [-0.1, -0.05) is 23.4 Å². The Morgan fingerprint density at radius 1 is 1.00 bits per heavy atom. The van der Waals surface area contributed by atoms with Crippen molar-refractivity contribution in [2.24, 2.45) is 0 Å². The minimum atomic E-state index is -0.274. The highest BCUT2D eigenvalue weighted by Crippen LogP contribution is 2.22. The summed E-state index contributed by atoms with van der Waals surface area (Å²) in [5.41, 5.74) is 3.37. The average Bonchev–Trinajstić information content (AvgIpc) is 3.12. The molecule has 5 nitrogen and oxygen atoms in total. The maximum atomic E-state index is 13.0. The van der Waals surface area contributed by atoms with E-state index in [1.54, 1.807) is 12.1 Å². The summed E-state index contributed by atoms with van der Waals surface area (Å²) in [6.45, 7) is 6.63. The summed E-state index contributed by atoms with van der Waals surface area (Å²) in [5.74, 6) is 0.816. The van der Waals surface area contributed by atoms with Crippen LogP contribution in [0.25, 0.3) is 11.4 Å². The van der Waals surface area contributed by atoms with Gasteiger partial charge >= 0.3 is 0 Å². The monoisotopic (exact) mass is 352 g/mol. The van der Waals surface area contributed by atoms with Crippen molar-refractivity contribution in [2.75, 3.05) is 31.1 Å². The Balaban J connectivity index is 1.36. The Kier molecular flexibility index (Phi) is 4.67. The number of piperazine rings is 1. The molecule has 0 saturated carbocycles. The van der Waals surface area contributed by atoms with Crippen LogP contribution in [0.15, 0.2) is 53.1 Å². The Morgan fingerprint density at radius 2 is 1.73 bits per heavy atom. The molecule has 0 radical (unpaired) electrons. The van der Waals surface area contributed by atoms with Gasteiger partial charge in [0.15, 0.2) is 0 Å². The van der Waals surface area contributed by atoms with Gasteiger partial charge in [0.2, 0.25) is 11.7 Å². The smallest absolute Gasteiger partial charge is 0.241 e. The van der Waals surface area contributed by atoms with Crippen LogP contribution in [0.5, 0.6) is 0 Å². The Labute approximate surface area is 152 Å². The highest BCUT2D eigenvalue weighted by molar-refractivity contribution is 5.54. The normalized spacial score (nSPS) is 15.4. The first-order chi connectivity index (χ1) is 12.7. The first kappa shape index (κ1) is 16.7. The minimum Gasteiger partial charge on any atom is -0.369 e. The Bertz CT molecular complexity index is 870. The van der Waals surface area contributed by atoms with Crippen molar-refractivity contribution in [3.8, 4) is 11.4 Å². The average molecular weight is 352 g/mol. The summed E-state index contributed by atoms with van der Waals surface area (Å²) < 4.78 is 18.4. The van der Waals surface area contributed by atoms with Crippen LogP contribution >= 0.6 is 0 Å². The van der Waals surface area contributed by atoms with Gasteiger partial charge in [0.1, 0.15) is 5.82 Å². The molecule has 2 heterocycles. The van der Waals surface area contributed by atoms with Crippen LogP contribution in [0.1, 0.15) is 11.5 Å². The predicted molar refractivity (Wildman–Crippen MR) is 98.4 cm³/mol. The number of nitrogens with zero attached hydrogens (tertiary/aromatic N) is 4. The van der Waals surface area contributed by atoms with Crippen LogP contribution in [0.4, 0.5) is 10.1 Å². The molecule has 0 unspecified atom stereocenters. The van der Waals surface area contributed by atoms with Crippen LogP contribution in [-0.4, -0.2) is 41.2 Å². The molecule has 0 bridgehead atoms. The second kappa shape index (κ2) is 7.25. The van der Waals surface area contributed by atoms with Crippen molar-refractivity contribution >= 4 is 5.69 Å². The number of anilines is 1. The van der Waals surface area contributed by atoms with Crippen molar-refractivity contribution in [3.63, 3.8) is 0 Å². The van der Waals surface area contributed by atoms with Crippen molar-refractivity contribution < 1.29 is 8.91 Å². The van der Waals surface area contributed by atoms with E-state index in [4.69, 9.17) is 4.52 Å². The predicted octanol–water partition coefficient (Wildman–Crippen LogP) is 3.51. The maximum Gasteiger partial charge on any atom is 0.241 e. The fraction of sp³-hybridized carbons (Fsp3) is 0.300. The number of aryl methyl sites for hydroxylation is 1. The molecular weight excluding hydrogens is 331 g/mol. The summed E-state index contributed by atoms with van der Waals surface area (Å²) in [5, 5.41) is 4.01. The van der Waals surface area contributed by atoms with E-state index in [0.717, 1.165) is 31.7 Å². The summed E-state index contributed by atoms with van der Waals surface area (Å²) in [6.07, 6.45) is 0. The van der Waals surface area contributed by atoms with E-state index < -0.39 is 0 Å². The summed E-state index contributed by atoms with van der Waals surface area (Å²) in [6, 6.07) is 14.6. The van der Waals surface area contributed by atoms with Crippen LogP contribution < -0.4 is 4.90 Å². The Hall–Kier alpha value is -2.73. The molecule has 6 heteroatoms. The maximum absolute atomic E-state index is 13.0. The van der Waals surface area contributed by atoms with E-state index in [9.17, 15) is 4.39 Å². The third-order valence-electron chi connectivity index (χ3n) is 4.76. The summed E-state index contributed by atoms with van der Waals surface area (Å²) >= 11 is 0. The summed E-state index contributed by atoms with van der Waals surface area (Å²) in [4.78, 5) is 9.18. The molecule has 3 aromatic rings. The van der Waals surface area contributed by atoms with E-state index in [0.29, 0.717) is 18.3 Å². The lowest BCUT2D eigenvalue weighted by molar-refractivity contribution is 0.215. The van der Waals surface area contributed by atoms with E-state index in [1.165, 1.54) is 23.4 Å². The lowest BCUT2D eigenvalue weighted by Crippen LogP contribution is -2.46. The molecule has 26 heavy (non-hydrogen) atoms. The van der Waals surface area contributed by atoms with Crippen LogP contribution in [0.2, 0.25) is 0 Å². The number of hydrogen-bond donors (Lipinski definition) is 0. The van der Waals surface area contributed by atoms with Crippen molar-refractivity contribution in [2.45, 2.75) is 13.5 Å². The summed E-state index contributed by atoms with van der Waals surface area (Å²) in [7, 11) is 0. The van der Waals surface area contributed by atoms with Gasteiger partial charge in [0, 0.05) is 37.4 Å². The van der Waals surface area contributed by atoms with Crippen molar-refractivity contribution in [1.82, 2.24) is 15.0 Å². The van der Waals surface area contributed by atoms with Gasteiger partial charge in [0.05, 0.1) is 6.54 Å². The van der Waals surface area contributed by atoms with Gasteiger partial charge < -0.3 is 9.42 Å². The van der Waals surface area contributed by atoms with Crippen molar-refractivity contribution in [3.05, 3.63) is 65.8 Å². The zero-order chi connectivity index (χ0) is 17.9. The molecule has 0 spiro atoms. The quantitative estimate of drug-likeness (QED) is 0.719. The van der Waals surface area contributed by atoms with Gasteiger partial charge in [-0.2, -0.15) is 4.98 Å². The van der Waals surface area contributed by atoms with E-state index in [2.05, 4.69) is 51.1 Å². The molecule has 1 aliphatic rings. The van der Waals surface area contributed by atoms with Gasteiger partial charge in [-0.15, -0.1) is 0 Å². The largest absolute Gasteiger partial charge is 0.369 e. The van der Waals surface area contributed by atoms with E-state index in [-0.39, 0.29) is 5.82 Å². The number of halogens is 1. The fourth-order valence-corrected chi connectivity index (χ4v) is 3.29. The molecule has 1 saturated heterocycles. The van der Waals surface area contributed by atoms with Crippen molar-refractivity contribution in [1.29, 1.82) is 0 Å². The van der Waals surface area contributed by atoms with Gasteiger partial charge in [-0.3, -0.25) is 4.90 Å². The number of rotatable bonds is 4. The molecular formula is C20H21FN4O. The standard InChI is InChI=1S/C20H21FN4O/c1-15-4-2-3-5-18(15)25-12-10-24(11-13-25)14-19-22-20(23-26-19)16-6-8-17(21)9-7-16/h2-9H,10-14H2,1H3. The Morgan fingerprint density at radius 3 is 2.46 bits per heavy atom. The van der Waals surface area contributed by atoms with E-state index >= 15 is 0 Å². The van der Waals surface area contributed by atoms with Gasteiger partial charge in [0.25, 0.3) is 0 Å². The molecule has 2 aromatic carbocycles. The van der Waals surface area contributed by atoms with Gasteiger partial charge in [-0.25, -0.2) is 4.39 Å². The molecule has 4 rings (SSSR count). The first-order valence-corrected chi connectivity index (χ1v) is 8.80. The molecule has 1 aromatic heterocycles. The third kappa shape index (κ3) is 3.60. The first-order valence-electron chi connectivity index (χ1n) is 8.80. The highest BCUT2D eigenvalue weighted by atomic mass is 19.1. The second-order valence-corrected chi connectivity index (χ2v) is 6.57. The van der Waals surface area contributed by atoms with Crippen LogP contribution in [-0.2, 0) is 6.54 Å². The number of aromatic nitrogens is 2. The minimum absolute atomic E-state index is 0.274. The number of para-hydroxylation sites is 1. The molecule has 1 fully saturated rings. The molecule has 0 aliphatic carbocycles. The lowest BCUT2D eigenvalue weighted by atomic mass is 10.1. The molecule has 1 aliphatic heterocycles. The number of benzene rings is 2. The topological polar surface area (TPSA) is 45.4 Å². The fourth-order valence-electron chi connectivity index (χ4n) is 3.29. The SMILES string of the molecule is Cc1ccccc1N1CCN(Cc2nc(-c3ccc(F)cc3)no2)CC1. The zero-order valence-electron chi connectivity index (χ0n) is 14.7. The zero-order valence-corrected chi connectivity index (χ0v) is 14.7. The number of hydrogen-bond acceptors (Lipinski definition) is 5. The second-order valence-electron chi connectivity index (χ2n) is 6.57. The van der Waals surface area contributed by atoms with Gasteiger partial charge in [-0.05, 0) is 42.8 Å². The molecule has 134 valence electrons.